The van der Waals surface area contributed by atoms with Crippen LogP contribution in [0.15, 0.2) is 58.1 Å². The molecule has 0 saturated carbocycles. The Bertz CT molecular complexity index is 1190. The quantitative estimate of drug-likeness (QED) is 0.519. The Morgan fingerprint density at radius 3 is 2.44 bits per heavy atom. The first kappa shape index (κ1) is 17.0. The summed E-state index contributed by atoms with van der Waals surface area (Å²) in [4.78, 5) is 38.3. The summed E-state index contributed by atoms with van der Waals surface area (Å²) >= 11 is 0. The van der Waals surface area contributed by atoms with E-state index in [1.165, 1.54) is 15.2 Å². The van der Waals surface area contributed by atoms with Crippen LogP contribution in [0.3, 0.4) is 0 Å². The Morgan fingerprint density at radius 2 is 1.67 bits per heavy atom. The number of ether oxygens (including phenoxy) is 1. The number of carbonyl (C=O) groups is 1. The number of rotatable bonds is 1. The van der Waals surface area contributed by atoms with Crippen LogP contribution in [0.2, 0.25) is 0 Å². The third-order valence-electron chi connectivity index (χ3n) is 4.89. The molecule has 0 unspecified atom stereocenters. The van der Waals surface area contributed by atoms with Crippen LogP contribution in [0.5, 0.6) is 5.75 Å². The predicted molar refractivity (Wildman–Crippen MR) is 101 cm³/mol. The number of hydrogen-bond acceptors (Lipinski definition) is 4. The number of fused-ring (bicyclic) bond motifs is 6. The van der Waals surface area contributed by atoms with Gasteiger partial charge in [0, 0.05) is 28.5 Å². The molecule has 0 spiro atoms. The largest absolute Gasteiger partial charge is 0.496 e. The molecule has 1 aliphatic rings. The number of aromatic nitrogens is 2. The molecule has 4 rings (SSSR count). The van der Waals surface area contributed by atoms with E-state index in [0.29, 0.717) is 28.1 Å². The van der Waals surface area contributed by atoms with Gasteiger partial charge in [-0.25, -0.2) is 4.79 Å². The molecular formula is C21H18N2O4. The van der Waals surface area contributed by atoms with Gasteiger partial charge < -0.3 is 4.74 Å². The van der Waals surface area contributed by atoms with E-state index in [1.54, 1.807) is 56.5 Å². The molecule has 1 aliphatic heterocycles. The van der Waals surface area contributed by atoms with Gasteiger partial charge in [0.1, 0.15) is 5.75 Å². The van der Waals surface area contributed by atoms with Gasteiger partial charge in [0.05, 0.1) is 20.2 Å². The standard InChI is InChI=1S/C21H18N2O4/c1-13-8-19(24)23-11-14-4-3-5-15(9-14)20(25)16-6-7-18(27-2)17(10-16)12-22(13)21(23)26/h3-10H,11-12H2,1-2H3. The fraction of sp³-hybridized carbons (Fsp3) is 0.190. The zero-order valence-corrected chi connectivity index (χ0v) is 15.1. The number of benzene rings is 2. The molecule has 2 heterocycles. The first-order chi connectivity index (χ1) is 13.0. The van der Waals surface area contributed by atoms with Crippen LogP contribution in [0.4, 0.5) is 0 Å². The van der Waals surface area contributed by atoms with Crippen molar-refractivity contribution in [1.29, 1.82) is 0 Å². The number of hydrogen-bond donors (Lipinski definition) is 0. The van der Waals surface area contributed by atoms with Crippen molar-refractivity contribution >= 4 is 5.78 Å². The lowest BCUT2D eigenvalue weighted by atomic mass is 9.99. The molecule has 0 fully saturated rings. The van der Waals surface area contributed by atoms with Gasteiger partial charge >= 0.3 is 5.69 Å². The maximum Gasteiger partial charge on any atom is 0.331 e. The minimum atomic E-state index is -0.384. The molecule has 6 bridgehead atoms. The van der Waals surface area contributed by atoms with Gasteiger partial charge in [-0.15, -0.1) is 0 Å². The van der Waals surface area contributed by atoms with Gasteiger partial charge in [0.25, 0.3) is 5.56 Å². The van der Waals surface area contributed by atoms with E-state index in [9.17, 15) is 14.4 Å². The van der Waals surface area contributed by atoms with Crippen molar-refractivity contribution < 1.29 is 9.53 Å². The molecule has 27 heavy (non-hydrogen) atoms. The van der Waals surface area contributed by atoms with E-state index in [1.807, 2.05) is 0 Å². The molecule has 136 valence electrons. The Kier molecular flexibility index (Phi) is 4.03. The van der Waals surface area contributed by atoms with E-state index in [2.05, 4.69) is 0 Å². The summed E-state index contributed by atoms with van der Waals surface area (Å²) in [5.74, 6) is 0.475. The third kappa shape index (κ3) is 2.89. The zero-order chi connectivity index (χ0) is 19.1. The van der Waals surface area contributed by atoms with Crippen molar-refractivity contribution in [3.8, 4) is 5.75 Å². The van der Waals surface area contributed by atoms with Crippen LogP contribution in [0.25, 0.3) is 0 Å². The van der Waals surface area contributed by atoms with Crippen molar-refractivity contribution in [3.63, 3.8) is 0 Å². The lowest BCUT2D eigenvalue weighted by Crippen LogP contribution is -2.41. The number of ketones is 1. The molecule has 6 heteroatoms. The fourth-order valence-corrected chi connectivity index (χ4v) is 3.44. The molecule has 0 amide bonds. The van der Waals surface area contributed by atoms with Gasteiger partial charge in [0.2, 0.25) is 0 Å². The van der Waals surface area contributed by atoms with E-state index in [0.717, 1.165) is 5.56 Å². The van der Waals surface area contributed by atoms with Gasteiger partial charge in [-0.05, 0) is 36.8 Å². The van der Waals surface area contributed by atoms with Crippen LogP contribution in [-0.4, -0.2) is 22.0 Å². The van der Waals surface area contributed by atoms with E-state index in [4.69, 9.17) is 4.74 Å². The molecule has 0 atom stereocenters. The summed E-state index contributed by atoms with van der Waals surface area (Å²) in [6.45, 7) is 2.05. The van der Waals surface area contributed by atoms with E-state index >= 15 is 0 Å². The smallest absolute Gasteiger partial charge is 0.331 e. The predicted octanol–water partition coefficient (Wildman–Crippen LogP) is 1.97. The maximum absolute atomic E-state index is 13.0. The zero-order valence-electron chi connectivity index (χ0n) is 15.1. The fourth-order valence-electron chi connectivity index (χ4n) is 3.44. The first-order valence-corrected chi connectivity index (χ1v) is 8.60. The summed E-state index contributed by atoms with van der Waals surface area (Å²) in [6, 6.07) is 13.7. The minimum Gasteiger partial charge on any atom is -0.496 e. The molecule has 6 nitrogen and oxygen atoms in total. The lowest BCUT2D eigenvalue weighted by molar-refractivity contribution is 0.103. The van der Waals surface area contributed by atoms with Crippen LogP contribution >= 0.6 is 0 Å². The van der Waals surface area contributed by atoms with Crippen LogP contribution in [0.1, 0.15) is 32.7 Å². The second-order valence-corrected chi connectivity index (χ2v) is 6.63. The van der Waals surface area contributed by atoms with Crippen molar-refractivity contribution in [3.05, 3.63) is 97.3 Å². The molecule has 2 aromatic carbocycles. The SMILES string of the molecule is COc1ccc2cc1Cn1c(C)cc(=O)n(c1=O)Cc1cccc(c1)C2=O. The summed E-state index contributed by atoms with van der Waals surface area (Å²) in [5, 5.41) is 0. The highest BCUT2D eigenvalue weighted by atomic mass is 16.5. The molecule has 0 aliphatic carbocycles. The van der Waals surface area contributed by atoms with Crippen LogP contribution < -0.4 is 16.0 Å². The highest BCUT2D eigenvalue weighted by molar-refractivity contribution is 6.09. The average molecular weight is 362 g/mol. The van der Waals surface area contributed by atoms with Crippen molar-refractivity contribution in [1.82, 2.24) is 9.13 Å². The monoisotopic (exact) mass is 362 g/mol. The third-order valence-corrected chi connectivity index (χ3v) is 4.89. The Labute approximate surface area is 155 Å². The average Bonchev–Trinajstić information content (AvgIpc) is 2.67. The van der Waals surface area contributed by atoms with Gasteiger partial charge in [-0.3, -0.25) is 18.7 Å². The molecule has 3 aromatic rings. The number of carbonyl (C=O) groups excluding carboxylic acids is 1. The van der Waals surface area contributed by atoms with Crippen LogP contribution in [0, 0.1) is 6.92 Å². The highest BCUT2D eigenvalue weighted by Gasteiger charge is 2.17. The van der Waals surface area contributed by atoms with Gasteiger partial charge in [0.15, 0.2) is 5.78 Å². The normalized spacial score (nSPS) is 12.9. The first-order valence-electron chi connectivity index (χ1n) is 8.60. The minimum absolute atomic E-state index is 0.110. The summed E-state index contributed by atoms with van der Waals surface area (Å²) in [6.07, 6.45) is 0. The Hall–Kier alpha value is -3.41. The van der Waals surface area contributed by atoms with Gasteiger partial charge in [-0.2, -0.15) is 0 Å². The summed E-state index contributed by atoms with van der Waals surface area (Å²) in [7, 11) is 1.55. The molecular weight excluding hydrogens is 344 g/mol. The second kappa shape index (κ2) is 6.39. The molecule has 1 aromatic heterocycles. The van der Waals surface area contributed by atoms with E-state index in [-0.39, 0.29) is 30.1 Å². The van der Waals surface area contributed by atoms with Crippen molar-refractivity contribution in [2.24, 2.45) is 0 Å². The maximum atomic E-state index is 13.0. The Balaban J connectivity index is 2.06. The topological polar surface area (TPSA) is 70.3 Å². The van der Waals surface area contributed by atoms with Crippen molar-refractivity contribution in [2.45, 2.75) is 20.0 Å². The molecule has 0 N–H and O–H groups in total. The van der Waals surface area contributed by atoms with Crippen LogP contribution in [-0.2, 0) is 13.1 Å². The van der Waals surface area contributed by atoms with Gasteiger partial charge in [-0.1, -0.05) is 18.2 Å². The second-order valence-electron chi connectivity index (χ2n) is 6.63. The summed E-state index contributed by atoms with van der Waals surface area (Å²) in [5.41, 5.74) is 2.30. The number of methoxy groups -OCH3 is 1. The van der Waals surface area contributed by atoms with E-state index < -0.39 is 0 Å². The number of nitrogens with zero attached hydrogens (tertiary/aromatic N) is 2. The molecule has 0 radical (unpaired) electrons. The highest BCUT2D eigenvalue weighted by Crippen LogP contribution is 2.23. The lowest BCUT2D eigenvalue weighted by Gasteiger charge is -2.17. The molecule has 0 saturated heterocycles. The number of aryl methyl sites for hydroxylation is 1. The Morgan fingerprint density at radius 1 is 0.889 bits per heavy atom. The van der Waals surface area contributed by atoms with Crippen molar-refractivity contribution in [2.75, 3.05) is 7.11 Å². The summed E-state index contributed by atoms with van der Waals surface area (Å²) < 4.78 is 8.12.